The van der Waals surface area contributed by atoms with Crippen LogP contribution in [0.5, 0.6) is 0 Å². The molecular weight excluding hydrogens is 212 g/mol. The van der Waals surface area contributed by atoms with E-state index in [9.17, 15) is 4.79 Å². The van der Waals surface area contributed by atoms with Gasteiger partial charge in [-0.2, -0.15) is 0 Å². The van der Waals surface area contributed by atoms with Crippen LogP contribution in [0.1, 0.15) is 12.8 Å². The van der Waals surface area contributed by atoms with E-state index in [1.54, 1.807) is 0 Å². The summed E-state index contributed by atoms with van der Waals surface area (Å²) in [4.78, 5) is 14.0. The van der Waals surface area contributed by atoms with Crippen molar-refractivity contribution in [3.8, 4) is 0 Å². The number of carboxylic acid groups (broad SMARTS) is 1. The fourth-order valence-corrected chi connectivity index (χ4v) is 1.21. The second-order valence-corrected chi connectivity index (χ2v) is 4.83. The lowest BCUT2D eigenvalue weighted by Crippen LogP contribution is -2.37. The standard InChI is InChI=1S/C5H9NO2.C5H13NO2/c7-5(8)4-2-1-3-6-4;1-6(2,3)4-5-8-7/h4,6H,1-3H2,(H,7,8);4-5H2,1-3H3/p+1. The first-order chi connectivity index (χ1) is 7.37. The van der Waals surface area contributed by atoms with Crippen molar-refractivity contribution in [1.82, 2.24) is 5.32 Å². The van der Waals surface area contributed by atoms with Gasteiger partial charge in [0.05, 0.1) is 21.1 Å². The second kappa shape index (κ2) is 7.56. The maximum atomic E-state index is 10.1. The van der Waals surface area contributed by atoms with Crippen molar-refractivity contribution in [1.29, 1.82) is 0 Å². The van der Waals surface area contributed by atoms with E-state index >= 15 is 0 Å². The third-order valence-corrected chi connectivity index (χ3v) is 2.21. The molecule has 0 aromatic carbocycles. The van der Waals surface area contributed by atoms with Gasteiger partial charge in [-0.05, 0) is 19.4 Å². The summed E-state index contributed by atoms with van der Waals surface area (Å²) in [6.45, 7) is 2.09. The van der Waals surface area contributed by atoms with E-state index in [4.69, 9.17) is 10.4 Å². The highest BCUT2D eigenvalue weighted by Crippen LogP contribution is 2.03. The Morgan fingerprint density at radius 3 is 2.31 bits per heavy atom. The van der Waals surface area contributed by atoms with Crippen LogP contribution in [0.2, 0.25) is 0 Å². The molecule has 0 bridgehead atoms. The van der Waals surface area contributed by atoms with Crippen molar-refractivity contribution >= 4 is 5.97 Å². The molecule has 0 amide bonds. The number of hydrogen-bond donors (Lipinski definition) is 3. The van der Waals surface area contributed by atoms with Crippen molar-refractivity contribution in [2.45, 2.75) is 18.9 Å². The molecule has 0 spiro atoms. The summed E-state index contributed by atoms with van der Waals surface area (Å²) < 4.78 is 0.820. The van der Waals surface area contributed by atoms with E-state index in [1.165, 1.54) is 0 Å². The van der Waals surface area contributed by atoms with Gasteiger partial charge in [-0.25, -0.2) is 4.89 Å². The summed E-state index contributed by atoms with van der Waals surface area (Å²) >= 11 is 0. The zero-order valence-electron chi connectivity index (χ0n) is 10.3. The molecule has 6 heteroatoms. The molecule has 96 valence electrons. The van der Waals surface area contributed by atoms with Gasteiger partial charge in [0.1, 0.15) is 19.2 Å². The number of carboxylic acids is 1. The molecule has 1 rings (SSSR count). The Bertz CT molecular complexity index is 197. The monoisotopic (exact) mass is 235 g/mol. The van der Waals surface area contributed by atoms with Gasteiger partial charge in [0.15, 0.2) is 0 Å². The van der Waals surface area contributed by atoms with Crippen LogP contribution in [-0.2, 0) is 9.68 Å². The molecule has 0 aromatic heterocycles. The fraction of sp³-hybridized carbons (Fsp3) is 0.900. The van der Waals surface area contributed by atoms with Crippen LogP contribution in [-0.4, -0.2) is 67.7 Å². The highest BCUT2D eigenvalue weighted by atomic mass is 17.1. The lowest BCUT2D eigenvalue weighted by atomic mass is 10.2. The quantitative estimate of drug-likeness (QED) is 0.363. The Morgan fingerprint density at radius 2 is 2.12 bits per heavy atom. The molecule has 0 radical (unpaired) electrons. The van der Waals surface area contributed by atoms with E-state index in [0.717, 1.165) is 30.4 Å². The van der Waals surface area contributed by atoms with Gasteiger partial charge in [-0.1, -0.05) is 0 Å². The molecule has 1 atom stereocenters. The largest absolute Gasteiger partial charge is 0.480 e. The Labute approximate surface area is 96.3 Å². The number of nitrogens with one attached hydrogen (secondary N) is 1. The molecule has 1 fully saturated rings. The summed E-state index contributed by atoms with van der Waals surface area (Å²) in [7, 11) is 6.12. The summed E-state index contributed by atoms with van der Waals surface area (Å²) in [5.41, 5.74) is 0. The maximum absolute atomic E-state index is 10.1. The summed E-state index contributed by atoms with van der Waals surface area (Å²) in [5.74, 6) is -0.720. The molecule has 1 saturated heterocycles. The maximum Gasteiger partial charge on any atom is 0.320 e. The second-order valence-electron chi connectivity index (χ2n) is 4.83. The molecule has 1 heterocycles. The van der Waals surface area contributed by atoms with Gasteiger partial charge < -0.3 is 14.9 Å². The molecule has 0 aromatic rings. The van der Waals surface area contributed by atoms with Crippen molar-refractivity contribution in [3.05, 3.63) is 0 Å². The zero-order chi connectivity index (χ0) is 12.6. The predicted molar refractivity (Wildman–Crippen MR) is 60.1 cm³/mol. The van der Waals surface area contributed by atoms with Crippen molar-refractivity contribution in [2.24, 2.45) is 0 Å². The molecular formula is C10H23N2O4+. The molecule has 16 heavy (non-hydrogen) atoms. The van der Waals surface area contributed by atoms with Crippen LogP contribution < -0.4 is 5.32 Å². The number of aliphatic carboxylic acids is 1. The lowest BCUT2D eigenvalue weighted by molar-refractivity contribution is -0.871. The summed E-state index contributed by atoms with van der Waals surface area (Å²) in [6, 6.07) is -0.269. The van der Waals surface area contributed by atoms with E-state index in [1.807, 2.05) is 21.1 Å². The average Bonchev–Trinajstić information content (AvgIpc) is 2.67. The molecule has 1 aliphatic heterocycles. The topological polar surface area (TPSA) is 78.8 Å². The first-order valence-electron chi connectivity index (χ1n) is 5.40. The van der Waals surface area contributed by atoms with Gasteiger partial charge in [-0.15, -0.1) is 0 Å². The van der Waals surface area contributed by atoms with E-state index < -0.39 is 5.97 Å². The molecule has 1 aliphatic rings. The van der Waals surface area contributed by atoms with E-state index in [-0.39, 0.29) is 6.04 Å². The highest BCUT2D eigenvalue weighted by Gasteiger charge is 2.20. The smallest absolute Gasteiger partial charge is 0.320 e. The number of likely N-dealkylation sites (N-methyl/N-ethyl adjacent to an activating group) is 1. The molecule has 6 nitrogen and oxygen atoms in total. The number of carbonyl (C=O) groups is 1. The molecule has 0 aliphatic carbocycles. The first-order valence-corrected chi connectivity index (χ1v) is 5.40. The van der Waals surface area contributed by atoms with Crippen LogP contribution in [0.4, 0.5) is 0 Å². The van der Waals surface area contributed by atoms with Gasteiger partial charge in [-0.3, -0.25) is 10.1 Å². The molecule has 0 saturated carbocycles. The van der Waals surface area contributed by atoms with Crippen molar-refractivity contribution < 1.29 is 24.5 Å². The third-order valence-electron chi connectivity index (χ3n) is 2.21. The number of rotatable bonds is 4. The van der Waals surface area contributed by atoms with Crippen LogP contribution >= 0.6 is 0 Å². The average molecular weight is 235 g/mol. The minimum Gasteiger partial charge on any atom is -0.480 e. The Kier molecular flexibility index (Phi) is 7.24. The normalized spacial score (nSPS) is 20.1. The third kappa shape index (κ3) is 8.60. The molecule has 3 N–H and O–H groups in total. The summed E-state index contributed by atoms with van der Waals surface area (Å²) in [5, 5.41) is 19.1. The number of quaternary nitrogens is 1. The van der Waals surface area contributed by atoms with Gasteiger partial charge in [0, 0.05) is 0 Å². The zero-order valence-corrected chi connectivity index (χ0v) is 10.3. The Morgan fingerprint density at radius 1 is 1.50 bits per heavy atom. The Hall–Kier alpha value is -0.690. The van der Waals surface area contributed by atoms with Crippen LogP contribution in [0.15, 0.2) is 0 Å². The SMILES string of the molecule is C[N+](C)(C)CCOO.O=C(O)C1CCCN1. The minimum absolute atomic E-state index is 0.269. The van der Waals surface area contributed by atoms with Crippen molar-refractivity contribution in [2.75, 3.05) is 40.8 Å². The van der Waals surface area contributed by atoms with Crippen molar-refractivity contribution in [3.63, 3.8) is 0 Å². The van der Waals surface area contributed by atoms with Gasteiger partial charge in [0.2, 0.25) is 0 Å². The fourth-order valence-electron chi connectivity index (χ4n) is 1.21. The van der Waals surface area contributed by atoms with Gasteiger partial charge in [0.25, 0.3) is 0 Å². The number of nitrogens with zero attached hydrogens (tertiary/aromatic N) is 1. The number of hydrogen-bond acceptors (Lipinski definition) is 4. The predicted octanol–water partition coefficient (Wildman–Crippen LogP) is 0.00520. The van der Waals surface area contributed by atoms with Gasteiger partial charge >= 0.3 is 5.97 Å². The lowest BCUT2D eigenvalue weighted by Gasteiger charge is -2.22. The summed E-state index contributed by atoms with van der Waals surface area (Å²) in [6.07, 6.45) is 1.78. The van der Waals surface area contributed by atoms with E-state index in [0.29, 0.717) is 6.61 Å². The van der Waals surface area contributed by atoms with E-state index in [2.05, 4.69) is 10.2 Å². The van der Waals surface area contributed by atoms with Crippen LogP contribution in [0.25, 0.3) is 0 Å². The first kappa shape index (κ1) is 15.3. The van der Waals surface area contributed by atoms with Crippen LogP contribution in [0.3, 0.4) is 0 Å². The Balaban J connectivity index is 0.000000281. The highest BCUT2D eigenvalue weighted by molar-refractivity contribution is 5.73. The minimum atomic E-state index is -0.720. The molecule has 1 unspecified atom stereocenters. The van der Waals surface area contributed by atoms with Crippen LogP contribution in [0, 0.1) is 0 Å².